The first-order valence-corrected chi connectivity index (χ1v) is 8.61. The summed E-state index contributed by atoms with van der Waals surface area (Å²) in [6, 6.07) is 13.9. The summed E-state index contributed by atoms with van der Waals surface area (Å²) in [4.78, 5) is 16.7. The Balaban J connectivity index is 1.53. The molecule has 0 saturated heterocycles. The van der Waals surface area contributed by atoms with Gasteiger partial charge in [-0.1, -0.05) is 24.3 Å². The molecule has 0 atom stereocenters. The molecule has 0 fully saturated rings. The Morgan fingerprint density at radius 3 is 2.72 bits per heavy atom. The number of carbonyl (C=O) groups is 1. The molecule has 25 heavy (non-hydrogen) atoms. The van der Waals surface area contributed by atoms with E-state index < -0.39 is 12.5 Å². The molecule has 0 aliphatic heterocycles. The Bertz CT molecular complexity index is 834. The Morgan fingerprint density at radius 1 is 1.16 bits per heavy atom. The zero-order valence-electron chi connectivity index (χ0n) is 13.2. The number of carbonyl (C=O) groups excluding carboxylic acids is 1. The summed E-state index contributed by atoms with van der Waals surface area (Å²) < 4.78 is 30.3. The first-order chi connectivity index (χ1) is 12.1. The molecule has 0 bridgehead atoms. The average molecular weight is 362 g/mol. The molecule has 0 aliphatic carbocycles. The zero-order chi connectivity index (χ0) is 17.6. The van der Waals surface area contributed by atoms with Gasteiger partial charge in [0, 0.05) is 13.0 Å². The van der Waals surface area contributed by atoms with Gasteiger partial charge in [0.1, 0.15) is 5.75 Å². The lowest BCUT2D eigenvalue weighted by Crippen LogP contribution is -2.25. The molecule has 7 heteroatoms. The van der Waals surface area contributed by atoms with Crippen molar-refractivity contribution in [2.45, 2.75) is 19.5 Å². The second-order valence-electron chi connectivity index (χ2n) is 5.31. The van der Waals surface area contributed by atoms with Gasteiger partial charge in [-0.3, -0.25) is 4.79 Å². The number of hydrogen-bond donors (Lipinski definition) is 1. The van der Waals surface area contributed by atoms with Crippen molar-refractivity contribution in [1.29, 1.82) is 0 Å². The number of halogens is 2. The normalized spacial score (nSPS) is 11.0. The quantitative estimate of drug-likeness (QED) is 0.639. The number of nitrogens with zero attached hydrogens (tertiary/aromatic N) is 1. The summed E-state index contributed by atoms with van der Waals surface area (Å²) in [6.45, 7) is -2.54. The number of hydrogen-bond acceptors (Lipinski definition) is 4. The molecule has 0 aliphatic rings. The van der Waals surface area contributed by atoms with Crippen LogP contribution in [0.1, 0.15) is 21.8 Å². The second-order valence-corrected chi connectivity index (χ2v) is 6.42. The number of ether oxygens (including phenoxy) is 1. The minimum absolute atomic E-state index is 0.0998. The standard InChI is InChI=1S/C18H16F2N2O2S/c19-18(20)24-14-8-3-1-6-12(14)17(23)21-11-5-10-16-22-13-7-2-4-9-15(13)25-16/h1-4,6-9,18H,5,10-11H2,(H,21,23). The van der Waals surface area contributed by atoms with E-state index in [9.17, 15) is 13.6 Å². The molecule has 3 aromatic rings. The van der Waals surface area contributed by atoms with Crippen LogP contribution in [-0.2, 0) is 6.42 Å². The molecule has 0 radical (unpaired) electrons. The summed E-state index contributed by atoms with van der Waals surface area (Å²) >= 11 is 1.63. The van der Waals surface area contributed by atoms with Crippen molar-refractivity contribution >= 4 is 27.5 Å². The monoisotopic (exact) mass is 362 g/mol. The van der Waals surface area contributed by atoms with Crippen molar-refractivity contribution in [2.24, 2.45) is 0 Å². The third-order valence-corrected chi connectivity index (χ3v) is 4.64. The van der Waals surface area contributed by atoms with Gasteiger partial charge in [0.25, 0.3) is 5.91 Å². The maximum atomic E-state index is 12.4. The molecule has 0 unspecified atom stereocenters. The van der Waals surface area contributed by atoms with Crippen molar-refractivity contribution in [3.05, 3.63) is 59.1 Å². The topological polar surface area (TPSA) is 51.2 Å². The summed E-state index contributed by atoms with van der Waals surface area (Å²) in [5, 5.41) is 3.74. The van der Waals surface area contributed by atoms with Crippen LogP contribution in [0.5, 0.6) is 5.75 Å². The van der Waals surface area contributed by atoms with E-state index >= 15 is 0 Å². The van der Waals surface area contributed by atoms with E-state index in [1.54, 1.807) is 23.5 Å². The Labute approximate surface area is 147 Å². The summed E-state index contributed by atoms with van der Waals surface area (Å²) in [5.74, 6) is -0.554. The van der Waals surface area contributed by atoms with Crippen molar-refractivity contribution < 1.29 is 18.3 Å². The Kier molecular flexibility index (Phi) is 5.55. The van der Waals surface area contributed by atoms with E-state index in [4.69, 9.17) is 0 Å². The minimum Gasteiger partial charge on any atom is -0.434 e. The number of para-hydroxylation sites is 2. The van der Waals surface area contributed by atoms with Gasteiger partial charge in [-0.05, 0) is 30.7 Å². The molecular weight excluding hydrogens is 346 g/mol. The summed E-state index contributed by atoms with van der Waals surface area (Å²) in [6.07, 6.45) is 1.46. The van der Waals surface area contributed by atoms with Crippen LogP contribution in [0, 0.1) is 0 Å². The smallest absolute Gasteiger partial charge is 0.387 e. The molecule has 0 saturated carbocycles. The van der Waals surface area contributed by atoms with Gasteiger partial charge in [0.05, 0.1) is 20.8 Å². The number of aromatic nitrogens is 1. The van der Waals surface area contributed by atoms with Gasteiger partial charge >= 0.3 is 6.61 Å². The fourth-order valence-electron chi connectivity index (χ4n) is 2.42. The molecule has 0 spiro atoms. The molecular formula is C18H16F2N2O2S. The number of alkyl halides is 2. The maximum Gasteiger partial charge on any atom is 0.387 e. The van der Waals surface area contributed by atoms with Crippen LogP contribution >= 0.6 is 11.3 Å². The van der Waals surface area contributed by atoms with E-state index in [2.05, 4.69) is 15.0 Å². The number of nitrogens with one attached hydrogen (secondary N) is 1. The molecule has 130 valence electrons. The van der Waals surface area contributed by atoms with Crippen molar-refractivity contribution in [3.8, 4) is 5.75 Å². The van der Waals surface area contributed by atoms with Crippen LogP contribution in [-0.4, -0.2) is 24.0 Å². The van der Waals surface area contributed by atoms with Crippen LogP contribution in [0.2, 0.25) is 0 Å². The maximum absolute atomic E-state index is 12.4. The predicted molar refractivity (Wildman–Crippen MR) is 93.3 cm³/mol. The highest BCUT2D eigenvalue weighted by atomic mass is 32.1. The number of fused-ring (bicyclic) bond motifs is 1. The fourth-order valence-corrected chi connectivity index (χ4v) is 3.43. The largest absolute Gasteiger partial charge is 0.434 e. The lowest BCUT2D eigenvalue weighted by molar-refractivity contribution is -0.0501. The second kappa shape index (κ2) is 8.02. The lowest BCUT2D eigenvalue weighted by Gasteiger charge is -2.10. The molecule has 2 aromatic carbocycles. The fraction of sp³-hybridized carbons (Fsp3) is 0.222. The highest BCUT2D eigenvalue weighted by Gasteiger charge is 2.14. The van der Waals surface area contributed by atoms with Crippen LogP contribution < -0.4 is 10.1 Å². The van der Waals surface area contributed by atoms with Gasteiger partial charge in [0.2, 0.25) is 0 Å². The first-order valence-electron chi connectivity index (χ1n) is 7.80. The van der Waals surface area contributed by atoms with Gasteiger partial charge in [-0.25, -0.2) is 4.98 Å². The van der Waals surface area contributed by atoms with Crippen molar-refractivity contribution in [3.63, 3.8) is 0 Å². The molecule has 1 amide bonds. The number of thiazole rings is 1. The SMILES string of the molecule is O=C(NCCCc1nc2ccccc2s1)c1ccccc1OC(F)F. The number of aryl methyl sites for hydroxylation is 1. The van der Waals surface area contributed by atoms with Crippen LogP contribution in [0.3, 0.4) is 0 Å². The van der Waals surface area contributed by atoms with Crippen LogP contribution in [0.15, 0.2) is 48.5 Å². The van der Waals surface area contributed by atoms with E-state index in [0.29, 0.717) is 13.0 Å². The van der Waals surface area contributed by atoms with Crippen LogP contribution in [0.4, 0.5) is 8.78 Å². The zero-order valence-corrected chi connectivity index (χ0v) is 14.1. The van der Waals surface area contributed by atoms with E-state index in [0.717, 1.165) is 21.6 Å². The average Bonchev–Trinajstić information content (AvgIpc) is 3.01. The van der Waals surface area contributed by atoms with Gasteiger partial charge < -0.3 is 10.1 Å². The molecule has 4 nitrogen and oxygen atoms in total. The highest BCUT2D eigenvalue weighted by molar-refractivity contribution is 7.18. The number of amides is 1. The first kappa shape index (κ1) is 17.3. The van der Waals surface area contributed by atoms with E-state index in [1.807, 2.05) is 24.3 Å². The third-order valence-electron chi connectivity index (χ3n) is 3.54. The Hall–Kier alpha value is -2.54. The van der Waals surface area contributed by atoms with Gasteiger partial charge in [0.15, 0.2) is 0 Å². The van der Waals surface area contributed by atoms with Gasteiger partial charge in [-0.15, -0.1) is 11.3 Å². The number of rotatable bonds is 7. The summed E-state index contributed by atoms with van der Waals surface area (Å²) in [7, 11) is 0. The summed E-state index contributed by atoms with van der Waals surface area (Å²) in [5.41, 5.74) is 1.08. The van der Waals surface area contributed by atoms with E-state index in [1.165, 1.54) is 12.1 Å². The molecule has 1 N–H and O–H groups in total. The highest BCUT2D eigenvalue weighted by Crippen LogP contribution is 2.22. The van der Waals surface area contributed by atoms with Crippen molar-refractivity contribution in [2.75, 3.05) is 6.54 Å². The third kappa shape index (κ3) is 4.51. The molecule has 1 heterocycles. The predicted octanol–water partition coefficient (Wildman–Crippen LogP) is 4.26. The van der Waals surface area contributed by atoms with Crippen molar-refractivity contribution in [1.82, 2.24) is 10.3 Å². The lowest BCUT2D eigenvalue weighted by atomic mass is 10.2. The van der Waals surface area contributed by atoms with E-state index in [-0.39, 0.29) is 11.3 Å². The van der Waals surface area contributed by atoms with Crippen LogP contribution in [0.25, 0.3) is 10.2 Å². The number of benzene rings is 2. The minimum atomic E-state index is -2.96. The Morgan fingerprint density at radius 2 is 1.92 bits per heavy atom. The molecule has 1 aromatic heterocycles. The van der Waals surface area contributed by atoms with Gasteiger partial charge in [-0.2, -0.15) is 8.78 Å². The molecule has 3 rings (SSSR count).